The fourth-order valence-electron chi connectivity index (χ4n) is 1.86. The van der Waals surface area contributed by atoms with E-state index in [4.69, 9.17) is 16.7 Å². The van der Waals surface area contributed by atoms with E-state index in [1.165, 1.54) is 30.3 Å². The zero-order valence-corrected chi connectivity index (χ0v) is 12.2. The smallest absolute Gasteiger partial charge is 0.478 e. The fourth-order valence-corrected chi connectivity index (χ4v) is 2.04. The molecule has 0 heterocycles. The number of alkyl halides is 3. The molecule has 2 rings (SSSR count). The van der Waals surface area contributed by atoms with Gasteiger partial charge in [-0.15, -0.1) is 13.2 Å². The Kier molecular flexibility index (Phi) is 4.95. The quantitative estimate of drug-likeness (QED) is 0.795. The predicted octanol–water partition coefficient (Wildman–Crippen LogP) is 5.00. The van der Waals surface area contributed by atoms with Crippen LogP contribution in [0.4, 0.5) is 13.2 Å². The molecule has 0 aliphatic rings. The first-order valence-electron chi connectivity index (χ1n) is 6.31. The van der Waals surface area contributed by atoms with E-state index in [2.05, 4.69) is 4.74 Å². The van der Waals surface area contributed by atoms with Crippen molar-refractivity contribution < 1.29 is 27.8 Å². The summed E-state index contributed by atoms with van der Waals surface area (Å²) in [5.41, 5.74) is 1.81. The molecular formula is C16H10ClF3O3. The molecule has 0 spiro atoms. The van der Waals surface area contributed by atoms with Crippen LogP contribution in [0.2, 0.25) is 5.02 Å². The van der Waals surface area contributed by atoms with Crippen LogP contribution in [0.5, 0.6) is 5.75 Å². The van der Waals surface area contributed by atoms with Crippen LogP contribution in [0.1, 0.15) is 5.56 Å². The van der Waals surface area contributed by atoms with Gasteiger partial charge in [0.15, 0.2) is 0 Å². The molecule has 0 radical (unpaired) electrons. The Morgan fingerprint density at radius 3 is 2.26 bits per heavy atom. The van der Waals surface area contributed by atoms with Crippen LogP contribution < -0.4 is 4.74 Å². The lowest BCUT2D eigenvalue weighted by atomic mass is 10.0. The summed E-state index contributed by atoms with van der Waals surface area (Å²) in [5.74, 6) is -1.43. The summed E-state index contributed by atoms with van der Waals surface area (Å²) in [6, 6.07) is 10.2. The third-order valence-electron chi connectivity index (χ3n) is 2.82. The first-order chi connectivity index (χ1) is 10.7. The molecule has 0 bridgehead atoms. The van der Waals surface area contributed by atoms with Crippen molar-refractivity contribution in [3.8, 4) is 16.9 Å². The average molecular weight is 343 g/mol. The molecule has 3 nitrogen and oxygen atoms in total. The average Bonchev–Trinajstić information content (AvgIpc) is 2.45. The van der Waals surface area contributed by atoms with E-state index in [-0.39, 0.29) is 5.75 Å². The lowest BCUT2D eigenvalue weighted by Gasteiger charge is -2.10. The Hall–Kier alpha value is -2.47. The lowest BCUT2D eigenvalue weighted by Crippen LogP contribution is -2.16. The second kappa shape index (κ2) is 6.75. The van der Waals surface area contributed by atoms with Crippen LogP contribution in [0.25, 0.3) is 17.2 Å². The topological polar surface area (TPSA) is 46.5 Å². The first-order valence-corrected chi connectivity index (χ1v) is 6.69. The van der Waals surface area contributed by atoms with E-state index >= 15 is 0 Å². The number of ether oxygens (including phenoxy) is 1. The number of carbonyl (C=O) groups is 1. The zero-order chi connectivity index (χ0) is 17.0. The molecule has 2 aromatic rings. The Morgan fingerprint density at radius 1 is 1.09 bits per heavy atom. The number of benzene rings is 2. The van der Waals surface area contributed by atoms with E-state index in [0.29, 0.717) is 21.7 Å². The van der Waals surface area contributed by atoms with Crippen molar-refractivity contribution >= 4 is 23.6 Å². The SMILES string of the molecule is O=C(O)/C=C/c1cc(-c2ccc(OC(F)(F)F)cc2)ccc1Cl. The molecule has 7 heteroatoms. The largest absolute Gasteiger partial charge is 0.573 e. The molecule has 23 heavy (non-hydrogen) atoms. The molecule has 0 aliphatic carbocycles. The third-order valence-corrected chi connectivity index (χ3v) is 3.17. The van der Waals surface area contributed by atoms with Crippen LogP contribution in [-0.4, -0.2) is 17.4 Å². The number of rotatable bonds is 4. The molecule has 0 amide bonds. The van der Waals surface area contributed by atoms with Crippen molar-refractivity contribution in [2.24, 2.45) is 0 Å². The van der Waals surface area contributed by atoms with Gasteiger partial charge in [0.2, 0.25) is 0 Å². The molecule has 0 saturated carbocycles. The van der Waals surface area contributed by atoms with Gasteiger partial charge in [0.05, 0.1) is 0 Å². The van der Waals surface area contributed by atoms with Gasteiger partial charge < -0.3 is 9.84 Å². The Labute approximate surface area is 134 Å². The van der Waals surface area contributed by atoms with Crippen LogP contribution in [0, 0.1) is 0 Å². The van der Waals surface area contributed by atoms with E-state index < -0.39 is 12.3 Å². The highest BCUT2D eigenvalue weighted by Gasteiger charge is 2.30. The van der Waals surface area contributed by atoms with Gasteiger partial charge in [0.1, 0.15) is 5.75 Å². The number of halogens is 4. The normalized spacial score (nSPS) is 11.7. The number of carboxylic acids is 1. The number of aliphatic carboxylic acids is 1. The van der Waals surface area contributed by atoms with Crippen molar-refractivity contribution in [2.75, 3.05) is 0 Å². The lowest BCUT2D eigenvalue weighted by molar-refractivity contribution is -0.274. The number of hydrogen-bond donors (Lipinski definition) is 1. The van der Waals surface area contributed by atoms with E-state index in [1.54, 1.807) is 18.2 Å². The summed E-state index contributed by atoms with van der Waals surface area (Å²) in [4.78, 5) is 10.6. The van der Waals surface area contributed by atoms with Gasteiger partial charge in [-0.3, -0.25) is 0 Å². The van der Waals surface area contributed by atoms with Crippen molar-refractivity contribution in [2.45, 2.75) is 6.36 Å². The highest BCUT2D eigenvalue weighted by Crippen LogP contribution is 2.29. The standard InChI is InChI=1S/C16H10ClF3O3/c17-14-7-3-11(9-12(14)4-8-15(21)22)10-1-5-13(6-2-10)23-16(18,19)20/h1-9H,(H,21,22)/b8-4+. The van der Waals surface area contributed by atoms with Gasteiger partial charge >= 0.3 is 12.3 Å². The van der Waals surface area contributed by atoms with Gasteiger partial charge in [-0.1, -0.05) is 29.8 Å². The third kappa shape index (κ3) is 5.03. The van der Waals surface area contributed by atoms with Gasteiger partial charge in [0.25, 0.3) is 0 Å². The second-order valence-corrected chi connectivity index (χ2v) is 4.89. The van der Waals surface area contributed by atoms with Crippen LogP contribution in [0.15, 0.2) is 48.5 Å². The molecular weight excluding hydrogens is 333 g/mol. The maximum absolute atomic E-state index is 12.1. The van der Waals surface area contributed by atoms with Crippen molar-refractivity contribution in [1.29, 1.82) is 0 Å². The van der Waals surface area contributed by atoms with Crippen molar-refractivity contribution in [1.82, 2.24) is 0 Å². The Morgan fingerprint density at radius 2 is 1.70 bits per heavy atom. The van der Waals surface area contributed by atoms with Crippen LogP contribution >= 0.6 is 11.6 Å². The summed E-state index contributed by atoms with van der Waals surface area (Å²) >= 11 is 5.98. The zero-order valence-electron chi connectivity index (χ0n) is 11.5. The maximum atomic E-state index is 12.1. The molecule has 0 aromatic heterocycles. The van der Waals surface area contributed by atoms with Crippen molar-refractivity contribution in [3.05, 3.63) is 59.1 Å². The van der Waals surface area contributed by atoms with Crippen LogP contribution in [-0.2, 0) is 4.79 Å². The summed E-state index contributed by atoms with van der Waals surface area (Å²) < 4.78 is 40.2. The molecule has 120 valence electrons. The second-order valence-electron chi connectivity index (χ2n) is 4.48. The summed E-state index contributed by atoms with van der Waals surface area (Å²) in [5, 5.41) is 9.00. The van der Waals surface area contributed by atoms with E-state index in [9.17, 15) is 18.0 Å². The summed E-state index contributed by atoms with van der Waals surface area (Å²) in [7, 11) is 0. The Balaban J connectivity index is 2.28. The molecule has 0 fully saturated rings. The molecule has 0 saturated heterocycles. The predicted molar refractivity (Wildman–Crippen MR) is 80.2 cm³/mol. The summed E-state index contributed by atoms with van der Waals surface area (Å²) in [6.07, 6.45) is -2.45. The molecule has 0 aliphatic heterocycles. The van der Waals surface area contributed by atoms with E-state index in [1.807, 2.05) is 0 Å². The van der Waals surface area contributed by atoms with Gasteiger partial charge in [0, 0.05) is 11.1 Å². The number of carboxylic acid groups (broad SMARTS) is 1. The molecule has 1 N–H and O–H groups in total. The highest BCUT2D eigenvalue weighted by atomic mass is 35.5. The maximum Gasteiger partial charge on any atom is 0.573 e. The van der Waals surface area contributed by atoms with Gasteiger partial charge in [-0.25, -0.2) is 4.79 Å². The summed E-state index contributed by atoms with van der Waals surface area (Å²) in [6.45, 7) is 0. The molecule has 2 aromatic carbocycles. The van der Waals surface area contributed by atoms with Gasteiger partial charge in [-0.05, 0) is 47.0 Å². The fraction of sp³-hybridized carbons (Fsp3) is 0.0625. The van der Waals surface area contributed by atoms with Gasteiger partial charge in [-0.2, -0.15) is 0 Å². The Bertz CT molecular complexity index is 737. The number of hydrogen-bond acceptors (Lipinski definition) is 2. The van der Waals surface area contributed by atoms with Crippen molar-refractivity contribution in [3.63, 3.8) is 0 Å². The minimum Gasteiger partial charge on any atom is -0.478 e. The highest BCUT2D eigenvalue weighted by molar-refractivity contribution is 6.32. The minimum atomic E-state index is -4.74. The monoisotopic (exact) mass is 342 g/mol. The molecule has 0 unspecified atom stereocenters. The van der Waals surface area contributed by atoms with Crippen LogP contribution in [0.3, 0.4) is 0 Å². The minimum absolute atomic E-state index is 0.318. The molecule has 0 atom stereocenters. The first kappa shape index (κ1) is 16.9. The van der Waals surface area contributed by atoms with E-state index in [0.717, 1.165) is 6.08 Å².